The van der Waals surface area contributed by atoms with Crippen molar-refractivity contribution < 1.29 is 24.9 Å². The molecule has 0 fully saturated rings. The van der Waals surface area contributed by atoms with Crippen molar-refractivity contribution in [1.29, 1.82) is 0 Å². The molecule has 0 aliphatic heterocycles. The molecule has 5 heteroatoms. The van der Waals surface area contributed by atoms with E-state index in [-0.39, 0.29) is 47.3 Å². The zero-order chi connectivity index (χ0) is 9.80. The van der Waals surface area contributed by atoms with Crippen molar-refractivity contribution in [3.8, 4) is 11.3 Å². The Morgan fingerprint density at radius 1 is 1.05 bits per heavy atom. The van der Waals surface area contributed by atoms with Crippen LogP contribution in [-0.2, 0) is 20.1 Å². The monoisotopic (exact) mass is 437 g/mol. The molecule has 0 atom stereocenters. The van der Waals surface area contributed by atoms with Crippen LogP contribution in [0, 0.1) is 20.9 Å². The molecule has 19 heavy (non-hydrogen) atoms. The topological polar surface area (TPSA) is 97.0 Å². The summed E-state index contributed by atoms with van der Waals surface area (Å²) in [5.41, 5.74) is 2.39. The molecule has 0 unspecified atom stereocenters. The van der Waals surface area contributed by atoms with Gasteiger partial charge in [-0.1, -0.05) is 17.7 Å². The second-order valence-electron chi connectivity index (χ2n) is 2.87. The fourth-order valence-corrected chi connectivity index (χ4v) is 1.19. The first-order chi connectivity index (χ1) is 6.90. The number of hydrogen-bond acceptors (Lipinski definition) is 2. The molecule has 2 rings (SSSR count). The molecule has 0 saturated carbocycles. The third-order valence-corrected chi connectivity index (χ3v) is 1.91. The number of aldehydes is 1. The molecular formula is C14H18IrN3O-5. The summed E-state index contributed by atoms with van der Waals surface area (Å²) in [6.45, 7) is 0. The van der Waals surface area contributed by atoms with Crippen LogP contribution in [0.2, 0.25) is 0 Å². The average molecular weight is 437 g/mol. The van der Waals surface area contributed by atoms with Crippen LogP contribution in [0.5, 0.6) is 0 Å². The third-order valence-electron chi connectivity index (χ3n) is 1.91. The number of nitrogens with zero attached hydrogens (tertiary/aromatic N) is 1. The Bertz CT molecular complexity index is 432. The van der Waals surface area contributed by atoms with Crippen LogP contribution in [-0.4, -0.2) is 11.3 Å². The zero-order valence-corrected chi connectivity index (χ0v) is 13.4. The van der Waals surface area contributed by atoms with Crippen LogP contribution < -0.4 is 0 Å². The second-order valence-corrected chi connectivity index (χ2v) is 2.87. The normalized spacial score (nSPS) is 7.16. The van der Waals surface area contributed by atoms with Crippen molar-refractivity contribution in [2.45, 2.75) is 0 Å². The zero-order valence-electron chi connectivity index (χ0n) is 11.0. The van der Waals surface area contributed by atoms with Gasteiger partial charge in [-0.15, -0.1) is 29.8 Å². The largest absolute Gasteiger partial charge is 0.693 e. The minimum absolute atomic E-state index is 0. The summed E-state index contributed by atoms with van der Waals surface area (Å²) in [7, 11) is 0. The van der Waals surface area contributed by atoms with Gasteiger partial charge in [0, 0.05) is 26.3 Å². The van der Waals surface area contributed by atoms with E-state index in [1.165, 1.54) is 0 Å². The Hall–Kier alpha value is -1.39. The molecule has 0 amide bonds. The summed E-state index contributed by atoms with van der Waals surface area (Å²) in [6, 6.07) is 14.0. The van der Waals surface area contributed by atoms with E-state index in [0.29, 0.717) is 5.56 Å². The molecule has 4 N–H and O–H groups in total. The van der Waals surface area contributed by atoms with Crippen molar-refractivity contribution >= 4 is 6.29 Å². The Morgan fingerprint density at radius 2 is 1.74 bits per heavy atom. The molecule has 0 aliphatic carbocycles. The van der Waals surface area contributed by atoms with E-state index >= 15 is 0 Å². The van der Waals surface area contributed by atoms with Gasteiger partial charge in [-0.2, -0.15) is 0 Å². The fourth-order valence-electron chi connectivity index (χ4n) is 1.19. The molecule has 1 aromatic heterocycles. The minimum Gasteiger partial charge on any atom is -0.693 e. The van der Waals surface area contributed by atoms with Gasteiger partial charge in [0.15, 0.2) is 0 Å². The molecule has 0 saturated heterocycles. The van der Waals surface area contributed by atoms with Gasteiger partial charge < -0.3 is 36.9 Å². The van der Waals surface area contributed by atoms with E-state index < -0.39 is 0 Å². The van der Waals surface area contributed by atoms with Crippen LogP contribution in [0.15, 0.2) is 42.6 Å². The summed E-state index contributed by atoms with van der Waals surface area (Å²) in [5.74, 6) is 0. The predicted octanol–water partition coefficient (Wildman–Crippen LogP) is 4.69. The van der Waals surface area contributed by atoms with Gasteiger partial charge in [0.2, 0.25) is 0 Å². The van der Waals surface area contributed by atoms with E-state index in [1.807, 2.05) is 24.3 Å². The first kappa shape index (κ1) is 26.2. The standard InChI is InChI=1S/C12H8NO.2CH3.Ir.2H2N/c14-9-10-4-6-11(7-5-10)12-3-1-2-8-13-12;;;;;/h1-6,8-9H;2*1H3;;2*1H2/q3*-1;;2*-1. The maximum atomic E-state index is 10.4. The molecule has 109 valence electrons. The molecule has 1 heterocycles. The number of carbonyl (C=O) groups is 1. The maximum absolute atomic E-state index is 10.4. The van der Waals surface area contributed by atoms with Gasteiger partial charge in [0.1, 0.15) is 6.29 Å². The number of aromatic nitrogens is 1. The van der Waals surface area contributed by atoms with Crippen LogP contribution in [0.1, 0.15) is 10.4 Å². The van der Waals surface area contributed by atoms with Gasteiger partial charge in [0.05, 0.1) is 0 Å². The van der Waals surface area contributed by atoms with Gasteiger partial charge >= 0.3 is 0 Å². The summed E-state index contributed by atoms with van der Waals surface area (Å²) in [5, 5.41) is 0. The van der Waals surface area contributed by atoms with Gasteiger partial charge in [-0.25, -0.2) is 0 Å². The quantitative estimate of drug-likeness (QED) is 0.504. The molecule has 0 aliphatic rings. The molecule has 4 nitrogen and oxygen atoms in total. The second kappa shape index (κ2) is 13.1. The Labute approximate surface area is 129 Å². The molecule has 2 aromatic rings. The Morgan fingerprint density at radius 3 is 2.16 bits per heavy atom. The number of rotatable bonds is 2. The molecule has 1 radical (unpaired) electrons. The Kier molecular flexibility index (Phi) is 18.0. The van der Waals surface area contributed by atoms with E-state index in [4.69, 9.17) is 0 Å². The van der Waals surface area contributed by atoms with E-state index in [9.17, 15) is 4.79 Å². The van der Waals surface area contributed by atoms with Gasteiger partial charge in [-0.05, 0) is 11.8 Å². The van der Waals surface area contributed by atoms with Crippen molar-refractivity contribution in [3.05, 3.63) is 81.4 Å². The minimum atomic E-state index is 0. The first-order valence-electron chi connectivity index (χ1n) is 4.28. The summed E-state index contributed by atoms with van der Waals surface area (Å²) < 4.78 is 0. The molecule has 0 spiro atoms. The summed E-state index contributed by atoms with van der Waals surface area (Å²) >= 11 is 0. The summed E-state index contributed by atoms with van der Waals surface area (Å²) in [6.07, 6.45) is 2.54. The van der Waals surface area contributed by atoms with Crippen molar-refractivity contribution in [3.63, 3.8) is 0 Å². The number of nitrogens with two attached hydrogens (primary N) is 2. The molecular weight excluding hydrogens is 418 g/mol. The van der Waals surface area contributed by atoms with Crippen LogP contribution in [0.3, 0.4) is 0 Å². The number of pyridine rings is 1. The van der Waals surface area contributed by atoms with Crippen LogP contribution in [0.4, 0.5) is 0 Å². The van der Waals surface area contributed by atoms with Crippen molar-refractivity contribution in [2.24, 2.45) is 0 Å². The van der Waals surface area contributed by atoms with Crippen molar-refractivity contribution in [1.82, 2.24) is 4.98 Å². The average Bonchev–Trinajstić information content (AvgIpc) is 2.30. The third kappa shape index (κ3) is 6.93. The number of benzene rings is 1. The SMILES string of the molecule is O=Cc1c[c-]c(-c2ccccn2)cc1.[CH3-].[CH3-].[Ir].[NH2-].[NH2-]. The van der Waals surface area contributed by atoms with E-state index in [1.54, 1.807) is 18.3 Å². The van der Waals surface area contributed by atoms with Gasteiger partial charge in [0.25, 0.3) is 0 Å². The molecule has 1 aromatic carbocycles. The van der Waals surface area contributed by atoms with Crippen LogP contribution >= 0.6 is 0 Å². The Balaban J connectivity index is -0.000000225. The predicted molar refractivity (Wildman–Crippen MR) is 77.3 cm³/mol. The fraction of sp³-hybridized carbons (Fsp3) is 0. The first-order valence-corrected chi connectivity index (χ1v) is 4.28. The smallest absolute Gasteiger partial charge is 0.109 e. The molecule has 0 bridgehead atoms. The number of carbonyl (C=O) groups excluding carboxylic acids is 1. The summed E-state index contributed by atoms with van der Waals surface area (Å²) in [4.78, 5) is 14.6. The van der Waals surface area contributed by atoms with Crippen molar-refractivity contribution in [2.75, 3.05) is 0 Å². The van der Waals surface area contributed by atoms with E-state index in [0.717, 1.165) is 17.5 Å². The van der Waals surface area contributed by atoms with Gasteiger partial charge in [-0.3, -0.25) is 0 Å². The number of hydrogen-bond donors (Lipinski definition) is 0. The maximum Gasteiger partial charge on any atom is 0.109 e. The van der Waals surface area contributed by atoms with E-state index in [2.05, 4.69) is 11.1 Å². The van der Waals surface area contributed by atoms with Crippen LogP contribution in [0.25, 0.3) is 23.6 Å².